The Morgan fingerprint density at radius 2 is 2.05 bits per heavy atom. The van der Waals surface area contributed by atoms with Crippen molar-refractivity contribution in [3.05, 3.63) is 23.8 Å². The molecule has 1 atom stereocenters. The molecule has 0 saturated carbocycles. The number of benzene rings is 1. The molecule has 1 amide bonds. The van der Waals surface area contributed by atoms with Gasteiger partial charge in [0, 0.05) is 13.1 Å². The van der Waals surface area contributed by atoms with E-state index >= 15 is 0 Å². The summed E-state index contributed by atoms with van der Waals surface area (Å²) in [6.07, 6.45) is 0.424. The zero-order valence-corrected chi connectivity index (χ0v) is 12.4. The van der Waals surface area contributed by atoms with Gasteiger partial charge in [0.2, 0.25) is 15.9 Å². The van der Waals surface area contributed by atoms with E-state index in [0.29, 0.717) is 6.42 Å². The van der Waals surface area contributed by atoms with Gasteiger partial charge in [0.05, 0.1) is 11.1 Å². The molecule has 1 saturated heterocycles. The first kappa shape index (κ1) is 14.8. The fourth-order valence-electron chi connectivity index (χ4n) is 2.37. The minimum absolute atomic E-state index is 0.0804. The monoisotopic (exact) mass is 297 g/mol. The van der Waals surface area contributed by atoms with Gasteiger partial charge in [-0.3, -0.25) is 4.79 Å². The average molecular weight is 297 g/mol. The lowest BCUT2D eigenvalue weighted by molar-refractivity contribution is -0.126. The Kier molecular flexibility index (Phi) is 3.51. The molecule has 6 nitrogen and oxygen atoms in total. The predicted octanol–water partition coefficient (Wildman–Crippen LogP) is 0.463. The van der Waals surface area contributed by atoms with Crippen LogP contribution in [0, 0.1) is 12.3 Å². The van der Waals surface area contributed by atoms with E-state index in [1.807, 2.05) is 6.92 Å². The second-order valence-electron chi connectivity index (χ2n) is 5.55. The number of carbonyl (C=O) groups is 1. The molecule has 110 valence electrons. The van der Waals surface area contributed by atoms with Gasteiger partial charge in [0.15, 0.2) is 0 Å². The number of amides is 1. The average Bonchev–Trinajstić information content (AvgIpc) is 2.73. The van der Waals surface area contributed by atoms with Crippen molar-refractivity contribution in [3.8, 4) is 0 Å². The zero-order valence-electron chi connectivity index (χ0n) is 11.6. The van der Waals surface area contributed by atoms with Crippen LogP contribution in [0.3, 0.4) is 0 Å². The van der Waals surface area contributed by atoms with Gasteiger partial charge in [-0.25, -0.2) is 8.42 Å². The van der Waals surface area contributed by atoms with Crippen molar-refractivity contribution in [2.45, 2.75) is 25.2 Å². The van der Waals surface area contributed by atoms with Crippen LogP contribution in [0.2, 0.25) is 0 Å². The molecule has 0 aromatic heterocycles. The molecule has 1 aliphatic rings. The summed E-state index contributed by atoms with van der Waals surface area (Å²) in [6.45, 7) is 3.89. The molecular formula is C13H19N3O3S. The van der Waals surface area contributed by atoms with Crippen molar-refractivity contribution < 1.29 is 13.2 Å². The summed E-state index contributed by atoms with van der Waals surface area (Å²) >= 11 is 0. The second-order valence-corrected chi connectivity index (χ2v) is 7.46. The number of nitrogens with two attached hydrogens (primary N) is 2. The Hall–Kier alpha value is -1.60. The van der Waals surface area contributed by atoms with Gasteiger partial charge in [-0.1, -0.05) is 6.07 Å². The largest absolute Gasteiger partial charge is 0.398 e. The highest BCUT2D eigenvalue weighted by atomic mass is 32.2. The Bertz CT molecular complexity index is 657. The van der Waals surface area contributed by atoms with E-state index in [2.05, 4.69) is 0 Å². The highest BCUT2D eigenvalue weighted by Gasteiger charge is 2.43. The number of anilines is 1. The molecule has 0 bridgehead atoms. The maximum atomic E-state index is 12.6. The third-order valence-corrected chi connectivity index (χ3v) is 5.74. The number of primary amides is 1. The maximum absolute atomic E-state index is 12.6. The Balaban J connectivity index is 2.35. The zero-order chi connectivity index (χ0) is 15.1. The molecule has 2 rings (SSSR count). The first-order chi connectivity index (χ1) is 9.17. The standard InChI is InChI=1S/C13H19N3O3S/c1-9-3-4-11(10(14)7-9)20(18,19)16-6-5-13(2,8-16)12(15)17/h3-4,7H,5-6,8,14H2,1-2H3,(H2,15,17). The van der Waals surface area contributed by atoms with Crippen LogP contribution in [-0.4, -0.2) is 31.7 Å². The number of carbonyl (C=O) groups excluding carboxylic acids is 1. The number of hydrogen-bond donors (Lipinski definition) is 2. The minimum atomic E-state index is -3.69. The van der Waals surface area contributed by atoms with E-state index in [9.17, 15) is 13.2 Å². The van der Waals surface area contributed by atoms with Crippen molar-refractivity contribution in [1.29, 1.82) is 0 Å². The SMILES string of the molecule is Cc1ccc(S(=O)(=O)N2CCC(C)(C(N)=O)C2)c(N)c1. The summed E-state index contributed by atoms with van der Waals surface area (Å²) in [4.78, 5) is 11.5. The van der Waals surface area contributed by atoms with Crippen LogP contribution in [0.4, 0.5) is 5.69 Å². The van der Waals surface area contributed by atoms with Crippen molar-refractivity contribution >= 4 is 21.6 Å². The summed E-state index contributed by atoms with van der Waals surface area (Å²) in [6, 6.07) is 4.82. The van der Waals surface area contributed by atoms with Crippen LogP contribution in [0.15, 0.2) is 23.1 Å². The van der Waals surface area contributed by atoms with Crippen LogP contribution < -0.4 is 11.5 Å². The molecule has 1 aliphatic heterocycles. The van der Waals surface area contributed by atoms with Crippen molar-refractivity contribution in [2.24, 2.45) is 11.1 Å². The topological polar surface area (TPSA) is 106 Å². The van der Waals surface area contributed by atoms with Crippen LogP contribution in [0.25, 0.3) is 0 Å². The first-order valence-corrected chi connectivity index (χ1v) is 7.77. The van der Waals surface area contributed by atoms with Gasteiger partial charge in [0.1, 0.15) is 4.90 Å². The van der Waals surface area contributed by atoms with E-state index in [1.54, 1.807) is 19.1 Å². The molecule has 7 heteroatoms. The van der Waals surface area contributed by atoms with E-state index in [1.165, 1.54) is 10.4 Å². The second kappa shape index (κ2) is 4.75. The predicted molar refractivity (Wildman–Crippen MR) is 76.3 cm³/mol. The van der Waals surface area contributed by atoms with Crippen molar-refractivity contribution in [2.75, 3.05) is 18.8 Å². The molecule has 1 heterocycles. The molecule has 0 radical (unpaired) electrons. The third-order valence-electron chi connectivity index (χ3n) is 3.82. The Morgan fingerprint density at radius 1 is 1.40 bits per heavy atom. The fraction of sp³-hybridized carbons (Fsp3) is 0.462. The number of nitrogens with zero attached hydrogens (tertiary/aromatic N) is 1. The van der Waals surface area contributed by atoms with Gasteiger partial charge in [0.25, 0.3) is 0 Å². The van der Waals surface area contributed by atoms with Crippen LogP contribution in [0.5, 0.6) is 0 Å². The third kappa shape index (κ3) is 2.38. The fourth-order valence-corrected chi connectivity index (χ4v) is 4.03. The molecule has 0 aliphatic carbocycles. The summed E-state index contributed by atoms with van der Waals surface area (Å²) in [5.74, 6) is -0.480. The number of hydrogen-bond acceptors (Lipinski definition) is 4. The summed E-state index contributed by atoms with van der Waals surface area (Å²) in [5, 5.41) is 0. The number of sulfonamides is 1. The van der Waals surface area contributed by atoms with Gasteiger partial charge in [-0.05, 0) is 38.0 Å². The molecule has 1 fully saturated rings. The van der Waals surface area contributed by atoms with Gasteiger partial charge < -0.3 is 11.5 Å². The lowest BCUT2D eigenvalue weighted by Crippen LogP contribution is -2.38. The van der Waals surface area contributed by atoms with Crippen molar-refractivity contribution in [1.82, 2.24) is 4.31 Å². The molecule has 20 heavy (non-hydrogen) atoms. The van der Waals surface area contributed by atoms with Gasteiger partial charge in [-0.2, -0.15) is 4.31 Å². The van der Waals surface area contributed by atoms with E-state index in [4.69, 9.17) is 11.5 Å². The maximum Gasteiger partial charge on any atom is 0.245 e. The molecule has 0 spiro atoms. The Morgan fingerprint density at radius 3 is 2.55 bits per heavy atom. The minimum Gasteiger partial charge on any atom is -0.398 e. The van der Waals surface area contributed by atoms with Gasteiger partial charge >= 0.3 is 0 Å². The van der Waals surface area contributed by atoms with E-state index in [-0.39, 0.29) is 23.7 Å². The Labute approximate surface area is 118 Å². The summed E-state index contributed by atoms with van der Waals surface area (Å²) < 4.78 is 26.4. The summed E-state index contributed by atoms with van der Waals surface area (Å²) in [5.41, 5.74) is 11.4. The lowest BCUT2D eigenvalue weighted by Gasteiger charge is -2.21. The van der Waals surface area contributed by atoms with E-state index in [0.717, 1.165) is 5.56 Å². The van der Waals surface area contributed by atoms with Crippen LogP contribution >= 0.6 is 0 Å². The smallest absolute Gasteiger partial charge is 0.245 e. The normalized spacial score (nSPS) is 23.9. The van der Waals surface area contributed by atoms with Crippen LogP contribution in [-0.2, 0) is 14.8 Å². The molecule has 1 aromatic carbocycles. The molecule has 4 N–H and O–H groups in total. The molecular weight excluding hydrogens is 278 g/mol. The molecule has 1 unspecified atom stereocenters. The van der Waals surface area contributed by atoms with E-state index < -0.39 is 21.3 Å². The van der Waals surface area contributed by atoms with Gasteiger partial charge in [-0.15, -0.1) is 0 Å². The lowest BCUT2D eigenvalue weighted by atomic mass is 9.89. The van der Waals surface area contributed by atoms with Crippen LogP contribution in [0.1, 0.15) is 18.9 Å². The quantitative estimate of drug-likeness (QED) is 0.790. The number of aryl methyl sites for hydroxylation is 1. The number of nitrogen functional groups attached to an aromatic ring is 1. The first-order valence-electron chi connectivity index (χ1n) is 6.33. The van der Waals surface area contributed by atoms with Crippen molar-refractivity contribution in [3.63, 3.8) is 0 Å². The molecule has 1 aromatic rings. The number of rotatable bonds is 3. The highest BCUT2D eigenvalue weighted by Crippen LogP contribution is 2.34. The highest BCUT2D eigenvalue weighted by molar-refractivity contribution is 7.89. The summed E-state index contributed by atoms with van der Waals surface area (Å²) in [7, 11) is -3.69.